The quantitative estimate of drug-likeness (QED) is 0.702. The summed E-state index contributed by atoms with van der Waals surface area (Å²) in [6, 6.07) is 3.24. The molecule has 1 atom stereocenters. The molecule has 1 aromatic rings. The average molecular weight is 380 g/mol. The molecule has 0 aromatic carbocycles. The molecule has 1 aliphatic rings. The zero-order chi connectivity index (χ0) is 19.8. The number of aliphatic carboxylic acids is 1. The molecule has 1 saturated heterocycles. The number of anilines is 1. The largest absolute Gasteiger partial charge is 0.480 e. The van der Waals surface area contributed by atoms with Crippen molar-refractivity contribution in [3.63, 3.8) is 0 Å². The van der Waals surface area contributed by atoms with Gasteiger partial charge >= 0.3 is 12.0 Å². The highest BCUT2D eigenvalue weighted by Gasteiger charge is 2.25. The van der Waals surface area contributed by atoms with E-state index in [2.05, 4.69) is 24.1 Å². The summed E-state index contributed by atoms with van der Waals surface area (Å²) in [6.45, 7) is 6.38. The van der Waals surface area contributed by atoms with Gasteiger partial charge in [-0.05, 0) is 19.0 Å². The van der Waals surface area contributed by atoms with Crippen LogP contribution in [0.2, 0.25) is 0 Å². The van der Waals surface area contributed by atoms with E-state index < -0.39 is 5.97 Å². The van der Waals surface area contributed by atoms with E-state index in [1.807, 2.05) is 0 Å². The zero-order valence-electron chi connectivity index (χ0n) is 16.1. The Morgan fingerprint density at radius 3 is 2.89 bits per heavy atom. The summed E-state index contributed by atoms with van der Waals surface area (Å²) in [5.74, 6) is 0.0424. The van der Waals surface area contributed by atoms with Crippen molar-refractivity contribution in [3.05, 3.63) is 18.3 Å². The molecule has 1 unspecified atom stereocenters. The smallest absolute Gasteiger partial charge is 0.322 e. The van der Waals surface area contributed by atoms with Gasteiger partial charge in [-0.2, -0.15) is 0 Å². The molecule has 0 bridgehead atoms. The normalized spacial score (nSPS) is 17.2. The second-order valence-electron chi connectivity index (χ2n) is 7.05. The van der Waals surface area contributed by atoms with Crippen molar-refractivity contribution in [2.24, 2.45) is 5.92 Å². The Morgan fingerprint density at radius 2 is 2.26 bits per heavy atom. The number of rotatable bonds is 8. The highest BCUT2D eigenvalue weighted by molar-refractivity contribution is 5.89. The highest BCUT2D eigenvalue weighted by atomic mass is 16.5. The molecular weight excluding hydrogens is 352 g/mol. The first-order chi connectivity index (χ1) is 12.8. The van der Waals surface area contributed by atoms with Crippen molar-refractivity contribution in [1.29, 1.82) is 0 Å². The molecule has 0 saturated carbocycles. The van der Waals surface area contributed by atoms with Crippen LogP contribution in [0.3, 0.4) is 0 Å². The van der Waals surface area contributed by atoms with E-state index in [1.54, 1.807) is 35.2 Å². The van der Waals surface area contributed by atoms with E-state index in [4.69, 9.17) is 14.6 Å². The highest BCUT2D eigenvalue weighted by Crippen LogP contribution is 2.14. The Kier molecular flexibility index (Phi) is 7.81. The number of nitrogens with one attached hydrogen (secondary N) is 1. The van der Waals surface area contributed by atoms with Gasteiger partial charge < -0.3 is 24.8 Å². The first-order valence-corrected chi connectivity index (χ1v) is 9.00. The SMILES string of the molecule is CC(C)COc1ccc(NC(=O)N2CCOC(CN(C)CC(=O)O)C2)cn1. The number of urea groups is 1. The maximum Gasteiger partial charge on any atom is 0.322 e. The molecule has 2 rings (SSSR count). The summed E-state index contributed by atoms with van der Waals surface area (Å²) in [6.07, 6.45) is 1.34. The van der Waals surface area contributed by atoms with E-state index in [-0.39, 0.29) is 18.7 Å². The van der Waals surface area contributed by atoms with Gasteiger partial charge in [-0.1, -0.05) is 13.8 Å². The fraction of sp³-hybridized carbons (Fsp3) is 0.611. The van der Waals surface area contributed by atoms with Crippen LogP contribution >= 0.6 is 0 Å². The predicted molar refractivity (Wildman–Crippen MR) is 100 cm³/mol. The Hall–Kier alpha value is -2.39. The van der Waals surface area contributed by atoms with Crippen molar-refractivity contribution in [3.8, 4) is 5.88 Å². The van der Waals surface area contributed by atoms with Crippen LogP contribution in [0, 0.1) is 5.92 Å². The number of hydrogen-bond acceptors (Lipinski definition) is 6. The maximum atomic E-state index is 12.5. The minimum Gasteiger partial charge on any atom is -0.480 e. The molecule has 1 aromatic heterocycles. The molecule has 2 heterocycles. The van der Waals surface area contributed by atoms with Crippen LogP contribution in [0.4, 0.5) is 10.5 Å². The van der Waals surface area contributed by atoms with Crippen molar-refractivity contribution in [2.75, 3.05) is 51.8 Å². The third-order valence-corrected chi connectivity index (χ3v) is 3.90. The summed E-state index contributed by atoms with van der Waals surface area (Å²) in [5.41, 5.74) is 0.586. The standard InChI is InChI=1S/C18H28N4O5/c1-13(2)12-27-16-5-4-14(8-19-16)20-18(25)22-6-7-26-15(10-22)9-21(3)11-17(23)24/h4-5,8,13,15H,6-7,9-12H2,1-3H3,(H,20,25)(H,23,24). The van der Waals surface area contributed by atoms with Crippen molar-refractivity contribution in [1.82, 2.24) is 14.8 Å². The third-order valence-electron chi connectivity index (χ3n) is 3.90. The van der Waals surface area contributed by atoms with Gasteiger partial charge in [0.2, 0.25) is 5.88 Å². The molecule has 27 heavy (non-hydrogen) atoms. The number of aromatic nitrogens is 1. The van der Waals surface area contributed by atoms with Gasteiger partial charge in [-0.3, -0.25) is 9.69 Å². The van der Waals surface area contributed by atoms with Crippen LogP contribution in [0.1, 0.15) is 13.8 Å². The van der Waals surface area contributed by atoms with Gasteiger partial charge in [0.25, 0.3) is 0 Å². The van der Waals surface area contributed by atoms with E-state index >= 15 is 0 Å². The van der Waals surface area contributed by atoms with E-state index in [0.717, 1.165) is 0 Å². The minimum absolute atomic E-state index is 0.0665. The summed E-state index contributed by atoms with van der Waals surface area (Å²) in [7, 11) is 1.71. The van der Waals surface area contributed by atoms with Crippen LogP contribution in [-0.4, -0.2) is 84.4 Å². The van der Waals surface area contributed by atoms with Crippen molar-refractivity contribution in [2.45, 2.75) is 20.0 Å². The molecule has 150 valence electrons. The predicted octanol–water partition coefficient (Wildman–Crippen LogP) is 1.37. The van der Waals surface area contributed by atoms with Crippen LogP contribution in [0.5, 0.6) is 5.88 Å². The number of carboxylic acids is 1. The number of carbonyl (C=O) groups is 2. The van der Waals surface area contributed by atoms with Gasteiger partial charge in [-0.15, -0.1) is 0 Å². The van der Waals surface area contributed by atoms with Crippen molar-refractivity contribution >= 4 is 17.7 Å². The second-order valence-corrected chi connectivity index (χ2v) is 7.05. The number of morpholine rings is 1. The Labute approximate surface area is 159 Å². The lowest BCUT2D eigenvalue weighted by molar-refractivity contribution is -0.138. The van der Waals surface area contributed by atoms with E-state index in [0.29, 0.717) is 50.3 Å². The first kappa shape index (κ1) is 20.9. The Morgan fingerprint density at radius 1 is 1.48 bits per heavy atom. The average Bonchev–Trinajstić information content (AvgIpc) is 2.60. The topological polar surface area (TPSA) is 104 Å². The molecule has 0 spiro atoms. The summed E-state index contributed by atoms with van der Waals surface area (Å²) >= 11 is 0. The number of amides is 2. The summed E-state index contributed by atoms with van der Waals surface area (Å²) < 4.78 is 11.2. The monoisotopic (exact) mass is 380 g/mol. The molecule has 9 nitrogen and oxygen atoms in total. The molecule has 1 fully saturated rings. The molecule has 1 aliphatic heterocycles. The number of hydrogen-bond donors (Lipinski definition) is 2. The number of ether oxygens (including phenoxy) is 2. The number of carbonyl (C=O) groups excluding carboxylic acids is 1. The van der Waals surface area contributed by atoms with Gasteiger partial charge in [0.15, 0.2) is 0 Å². The number of likely N-dealkylation sites (N-methyl/N-ethyl adjacent to an activating group) is 1. The lowest BCUT2D eigenvalue weighted by Crippen LogP contribution is -2.50. The fourth-order valence-corrected chi connectivity index (χ4v) is 2.65. The number of nitrogens with zero attached hydrogens (tertiary/aromatic N) is 3. The minimum atomic E-state index is -0.892. The number of pyridine rings is 1. The third kappa shape index (κ3) is 7.40. The van der Waals surface area contributed by atoms with Crippen molar-refractivity contribution < 1.29 is 24.2 Å². The summed E-state index contributed by atoms with van der Waals surface area (Å²) in [5, 5.41) is 11.6. The van der Waals surface area contributed by atoms with E-state index in [9.17, 15) is 9.59 Å². The summed E-state index contributed by atoms with van der Waals surface area (Å²) in [4.78, 5) is 30.7. The Balaban J connectivity index is 1.83. The molecule has 0 radical (unpaired) electrons. The van der Waals surface area contributed by atoms with Crippen LogP contribution in [0.25, 0.3) is 0 Å². The van der Waals surface area contributed by atoms with Crippen LogP contribution < -0.4 is 10.1 Å². The van der Waals surface area contributed by atoms with Crippen LogP contribution in [0.15, 0.2) is 18.3 Å². The lowest BCUT2D eigenvalue weighted by Gasteiger charge is -2.34. The molecule has 2 amide bonds. The lowest BCUT2D eigenvalue weighted by atomic mass is 10.2. The van der Waals surface area contributed by atoms with Gasteiger partial charge in [0, 0.05) is 25.7 Å². The van der Waals surface area contributed by atoms with Crippen LogP contribution in [-0.2, 0) is 9.53 Å². The molecular formula is C18H28N4O5. The fourth-order valence-electron chi connectivity index (χ4n) is 2.65. The van der Waals surface area contributed by atoms with Gasteiger partial charge in [0.1, 0.15) is 0 Å². The Bertz CT molecular complexity index is 623. The maximum absolute atomic E-state index is 12.5. The molecule has 0 aliphatic carbocycles. The number of carboxylic acid groups (broad SMARTS) is 1. The molecule has 9 heteroatoms. The van der Waals surface area contributed by atoms with Gasteiger partial charge in [0.05, 0.1) is 37.7 Å². The zero-order valence-corrected chi connectivity index (χ0v) is 16.1. The second kappa shape index (κ2) is 10.1. The molecule has 2 N–H and O–H groups in total. The van der Waals surface area contributed by atoms with E-state index in [1.165, 1.54) is 0 Å². The van der Waals surface area contributed by atoms with Gasteiger partial charge in [-0.25, -0.2) is 9.78 Å². The first-order valence-electron chi connectivity index (χ1n) is 9.00.